The predicted octanol–water partition coefficient (Wildman–Crippen LogP) is 3.89. The summed E-state index contributed by atoms with van der Waals surface area (Å²) in [6.45, 7) is 0. The molecule has 0 saturated heterocycles. The zero-order valence-corrected chi connectivity index (χ0v) is 7.96. The molecule has 0 aromatic carbocycles. The monoisotopic (exact) mass is 190 g/mol. The highest BCUT2D eigenvalue weighted by atomic mass is 35.5. The first-order valence-corrected chi connectivity index (χ1v) is 5.00. The lowest BCUT2D eigenvalue weighted by atomic mass is 9.85. The van der Waals surface area contributed by atoms with Gasteiger partial charge in [0.25, 0.3) is 0 Å². The zero-order valence-electron chi connectivity index (χ0n) is 6.45. The molecule has 2 aliphatic carbocycles. The number of rotatable bonds is 1. The molecule has 0 aromatic rings. The van der Waals surface area contributed by atoms with E-state index in [0.717, 1.165) is 5.92 Å². The Hall–Kier alpha value is 0.320. The average Bonchev–Trinajstić information content (AvgIpc) is 2.43. The van der Waals surface area contributed by atoms with E-state index in [0.29, 0.717) is 9.91 Å². The molecule has 62 valence electrons. The van der Waals surface area contributed by atoms with Crippen LogP contribution in [0.25, 0.3) is 0 Å². The van der Waals surface area contributed by atoms with Crippen molar-refractivity contribution in [3.8, 4) is 0 Å². The van der Waals surface area contributed by atoms with Crippen LogP contribution in [0.5, 0.6) is 0 Å². The van der Waals surface area contributed by atoms with Gasteiger partial charge in [-0.1, -0.05) is 23.2 Å². The normalized spacial score (nSPS) is 41.1. The van der Waals surface area contributed by atoms with Crippen molar-refractivity contribution in [2.45, 2.75) is 32.1 Å². The lowest BCUT2D eigenvalue weighted by Gasteiger charge is -2.21. The van der Waals surface area contributed by atoms with E-state index in [9.17, 15) is 0 Å². The predicted molar refractivity (Wildman–Crippen MR) is 48.8 cm³/mol. The molecule has 0 N–H and O–H groups in total. The van der Waals surface area contributed by atoms with Gasteiger partial charge in [0.2, 0.25) is 0 Å². The van der Waals surface area contributed by atoms with Crippen LogP contribution in [0.4, 0.5) is 0 Å². The first-order chi connectivity index (χ1) is 5.20. The molecule has 2 fully saturated rings. The van der Waals surface area contributed by atoms with E-state index in [4.69, 9.17) is 23.2 Å². The standard InChI is InChI=1S/C9H12Cl2/c10-8(11)6-9-3-1-7(5-9)2-4-9/h6-7H,1-5H2. The second-order valence-electron chi connectivity index (χ2n) is 3.94. The molecule has 0 aliphatic heterocycles. The van der Waals surface area contributed by atoms with Gasteiger partial charge in [-0.3, -0.25) is 0 Å². The van der Waals surface area contributed by atoms with E-state index in [1.807, 2.05) is 0 Å². The quantitative estimate of drug-likeness (QED) is 0.589. The van der Waals surface area contributed by atoms with E-state index >= 15 is 0 Å². The molecule has 0 unspecified atom stereocenters. The maximum atomic E-state index is 5.67. The van der Waals surface area contributed by atoms with Gasteiger partial charge in [-0.15, -0.1) is 0 Å². The van der Waals surface area contributed by atoms with Crippen molar-refractivity contribution in [3.05, 3.63) is 10.6 Å². The number of fused-ring (bicyclic) bond motifs is 2. The maximum Gasteiger partial charge on any atom is 0.103 e. The fourth-order valence-corrected chi connectivity index (χ4v) is 3.13. The molecule has 0 heterocycles. The van der Waals surface area contributed by atoms with Crippen LogP contribution in [0.3, 0.4) is 0 Å². The lowest BCUT2D eigenvalue weighted by Crippen LogP contribution is -2.09. The van der Waals surface area contributed by atoms with Crippen molar-refractivity contribution < 1.29 is 0 Å². The highest BCUT2D eigenvalue weighted by Gasteiger charge is 2.43. The van der Waals surface area contributed by atoms with E-state index < -0.39 is 0 Å². The third kappa shape index (κ3) is 1.43. The first-order valence-electron chi connectivity index (χ1n) is 4.24. The van der Waals surface area contributed by atoms with Crippen LogP contribution in [0.15, 0.2) is 10.6 Å². The van der Waals surface area contributed by atoms with Crippen LogP contribution in [0, 0.1) is 11.3 Å². The van der Waals surface area contributed by atoms with Gasteiger partial charge < -0.3 is 0 Å². The summed E-state index contributed by atoms with van der Waals surface area (Å²) in [5.41, 5.74) is 0.406. The second-order valence-corrected chi connectivity index (χ2v) is 4.95. The number of hydrogen-bond donors (Lipinski definition) is 0. The van der Waals surface area contributed by atoms with Crippen molar-refractivity contribution in [1.29, 1.82) is 0 Å². The average molecular weight is 191 g/mol. The van der Waals surface area contributed by atoms with Crippen LogP contribution in [0.2, 0.25) is 0 Å². The Balaban J connectivity index is 2.17. The lowest BCUT2D eigenvalue weighted by molar-refractivity contribution is 0.383. The Morgan fingerprint density at radius 1 is 1.27 bits per heavy atom. The maximum absolute atomic E-state index is 5.67. The summed E-state index contributed by atoms with van der Waals surface area (Å²) in [4.78, 5) is 0. The summed E-state index contributed by atoms with van der Waals surface area (Å²) in [5.74, 6) is 0.971. The molecule has 2 rings (SSSR count). The van der Waals surface area contributed by atoms with Crippen molar-refractivity contribution >= 4 is 23.2 Å². The second kappa shape index (κ2) is 2.67. The van der Waals surface area contributed by atoms with Crippen LogP contribution in [-0.4, -0.2) is 0 Å². The molecule has 2 aliphatic rings. The van der Waals surface area contributed by atoms with Gasteiger partial charge >= 0.3 is 0 Å². The molecule has 0 spiro atoms. The summed E-state index contributed by atoms with van der Waals surface area (Å²) in [7, 11) is 0. The van der Waals surface area contributed by atoms with Gasteiger partial charge in [0.1, 0.15) is 4.49 Å². The third-order valence-electron chi connectivity index (χ3n) is 3.21. The minimum Gasteiger partial charge on any atom is -0.0712 e. The molecule has 0 aromatic heterocycles. The molecular weight excluding hydrogens is 179 g/mol. The van der Waals surface area contributed by atoms with Crippen molar-refractivity contribution in [3.63, 3.8) is 0 Å². The van der Waals surface area contributed by atoms with Crippen molar-refractivity contribution in [1.82, 2.24) is 0 Å². The molecule has 0 amide bonds. The number of halogens is 2. The van der Waals surface area contributed by atoms with E-state index in [2.05, 4.69) is 6.08 Å². The molecule has 0 radical (unpaired) electrons. The largest absolute Gasteiger partial charge is 0.103 e. The molecule has 2 heteroatoms. The summed E-state index contributed by atoms with van der Waals surface area (Å²) in [5, 5.41) is 0. The topological polar surface area (TPSA) is 0 Å². The van der Waals surface area contributed by atoms with Crippen molar-refractivity contribution in [2.75, 3.05) is 0 Å². The fourth-order valence-electron chi connectivity index (χ4n) is 2.67. The number of hydrogen-bond acceptors (Lipinski definition) is 0. The van der Waals surface area contributed by atoms with Gasteiger partial charge in [-0.25, -0.2) is 0 Å². The van der Waals surface area contributed by atoms with Crippen LogP contribution in [-0.2, 0) is 0 Å². The molecular formula is C9H12Cl2. The fraction of sp³-hybridized carbons (Fsp3) is 0.778. The van der Waals surface area contributed by atoms with Crippen LogP contribution < -0.4 is 0 Å². The summed E-state index contributed by atoms with van der Waals surface area (Å²) >= 11 is 11.3. The Morgan fingerprint density at radius 3 is 2.27 bits per heavy atom. The number of allylic oxidation sites excluding steroid dienone is 1. The Bertz CT molecular complexity index is 184. The van der Waals surface area contributed by atoms with E-state index in [1.54, 1.807) is 0 Å². The highest BCUT2D eigenvalue weighted by molar-refractivity contribution is 6.55. The molecule has 2 saturated carbocycles. The van der Waals surface area contributed by atoms with E-state index in [-0.39, 0.29) is 0 Å². The van der Waals surface area contributed by atoms with E-state index in [1.165, 1.54) is 32.1 Å². The first kappa shape index (κ1) is 7.94. The van der Waals surface area contributed by atoms with Crippen molar-refractivity contribution in [2.24, 2.45) is 11.3 Å². The van der Waals surface area contributed by atoms with Gasteiger partial charge in [0.15, 0.2) is 0 Å². The van der Waals surface area contributed by atoms with Crippen LogP contribution >= 0.6 is 23.2 Å². The van der Waals surface area contributed by atoms with Gasteiger partial charge in [-0.05, 0) is 49.5 Å². The molecule has 0 atom stereocenters. The highest BCUT2D eigenvalue weighted by Crippen LogP contribution is 2.55. The molecule has 0 nitrogen and oxygen atoms in total. The summed E-state index contributed by atoms with van der Waals surface area (Å²) in [6.07, 6.45) is 8.79. The third-order valence-corrected chi connectivity index (χ3v) is 3.43. The Kier molecular flexibility index (Phi) is 1.93. The Labute approximate surface area is 77.6 Å². The van der Waals surface area contributed by atoms with Gasteiger partial charge in [0, 0.05) is 0 Å². The van der Waals surface area contributed by atoms with Crippen LogP contribution in [0.1, 0.15) is 32.1 Å². The minimum absolute atomic E-state index is 0.406. The smallest absolute Gasteiger partial charge is 0.0712 e. The minimum atomic E-state index is 0.406. The zero-order chi connectivity index (χ0) is 7.90. The summed E-state index contributed by atoms with van der Waals surface area (Å²) in [6, 6.07) is 0. The molecule has 11 heavy (non-hydrogen) atoms. The SMILES string of the molecule is ClC(Cl)=CC12CCC(CC1)C2. The van der Waals surface area contributed by atoms with Gasteiger partial charge in [-0.2, -0.15) is 0 Å². The van der Waals surface area contributed by atoms with Gasteiger partial charge in [0.05, 0.1) is 0 Å². The Morgan fingerprint density at radius 2 is 1.91 bits per heavy atom. The summed E-state index contributed by atoms with van der Waals surface area (Å²) < 4.78 is 0.465. The molecule has 2 bridgehead atoms.